The molecule has 0 aliphatic rings. The van der Waals surface area contributed by atoms with E-state index in [1.807, 2.05) is 0 Å². The maximum Gasteiger partial charge on any atom is 0.129 e. The summed E-state index contributed by atoms with van der Waals surface area (Å²) in [5.41, 5.74) is 0.768. The molecule has 3 nitrogen and oxygen atoms in total. The van der Waals surface area contributed by atoms with Gasteiger partial charge >= 0.3 is 0 Å². The monoisotopic (exact) mass is 290 g/mol. The van der Waals surface area contributed by atoms with Crippen LogP contribution in [0.3, 0.4) is 0 Å². The molecule has 1 aromatic rings. The fourth-order valence-corrected chi connectivity index (χ4v) is 2.42. The number of hydrogen-bond donors (Lipinski definition) is 1. The first kappa shape index (κ1) is 15.7. The highest BCUT2D eigenvalue weighted by Gasteiger charge is 2.17. The molecule has 0 aromatic carbocycles. The molecular weight excluding hydrogens is 271 g/mol. The minimum absolute atomic E-state index is 0.134. The molecule has 0 aliphatic heterocycles. The van der Waals surface area contributed by atoms with Crippen molar-refractivity contribution in [1.82, 2.24) is 9.88 Å². The van der Waals surface area contributed by atoms with Gasteiger partial charge in [-0.2, -0.15) is 0 Å². The Kier molecular flexibility index (Phi) is 6.94. The molecule has 0 amide bonds. The van der Waals surface area contributed by atoms with Crippen LogP contribution in [0.15, 0.2) is 12.1 Å². The lowest BCUT2D eigenvalue weighted by atomic mass is 10.1. The molecule has 0 saturated carbocycles. The van der Waals surface area contributed by atoms with E-state index >= 15 is 0 Å². The summed E-state index contributed by atoms with van der Waals surface area (Å²) in [4.78, 5) is 6.45. The summed E-state index contributed by atoms with van der Waals surface area (Å²) >= 11 is 12.0. The van der Waals surface area contributed by atoms with E-state index in [0.717, 1.165) is 18.5 Å². The Morgan fingerprint density at radius 3 is 2.50 bits per heavy atom. The second-order valence-electron chi connectivity index (χ2n) is 4.23. The Morgan fingerprint density at radius 2 is 1.94 bits per heavy atom. The van der Waals surface area contributed by atoms with Crippen LogP contribution in [0, 0.1) is 0 Å². The van der Waals surface area contributed by atoms with Crippen LogP contribution in [0.1, 0.15) is 32.4 Å². The van der Waals surface area contributed by atoms with Gasteiger partial charge in [-0.3, -0.25) is 4.90 Å². The van der Waals surface area contributed by atoms with Crippen molar-refractivity contribution in [1.29, 1.82) is 0 Å². The first-order valence-corrected chi connectivity index (χ1v) is 7.03. The minimum Gasteiger partial charge on any atom is -0.395 e. The van der Waals surface area contributed by atoms with E-state index in [0.29, 0.717) is 29.3 Å². The molecule has 0 saturated heterocycles. The summed E-state index contributed by atoms with van der Waals surface area (Å²) < 4.78 is 0. The highest BCUT2D eigenvalue weighted by atomic mass is 35.5. The number of aliphatic hydroxyl groups excluding tert-OH is 1. The van der Waals surface area contributed by atoms with Crippen LogP contribution < -0.4 is 0 Å². The fraction of sp³-hybridized carbons (Fsp3) is 0.615. The Balaban J connectivity index is 2.85. The third-order valence-corrected chi connectivity index (χ3v) is 3.64. The van der Waals surface area contributed by atoms with E-state index < -0.39 is 0 Å². The minimum atomic E-state index is 0.134. The predicted octanol–water partition coefficient (Wildman–Crippen LogP) is 3.37. The van der Waals surface area contributed by atoms with Gasteiger partial charge in [-0.05, 0) is 25.0 Å². The SMILES string of the molecule is CCC(CC)N(CCO)Cc1nc(Cl)ccc1Cl. The van der Waals surface area contributed by atoms with Crippen molar-refractivity contribution >= 4 is 23.2 Å². The number of rotatable bonds is 7. The molecule has 1 aromatic heterocycles. The predicted molar refractivity (Wildman–Crippen MR) is 76.1 cm³/mol. The maximum absolute atomic E-state index is 9.16. The quantitative estimate of drug-likeness (QED) is 0.782. The van der Waals surface area contributed by atoms with Gasteiger partial charge in [0.25, 0.3) is 0 Å². The number of nitrogens with zero attached hydrogens (tertiary/aromatic N) is 2. The number of halogens is 2. The summed E-state index contributed by atoms with van der Waals surface area (Å²) in [6.45, 7) is 5.66. The molecule has 102 valence electrons. The lowest BCUT2D eigenvalue weighted by Crippen LogP contribution is -2.36. The van der Waals surface area contributed by atoms with E-state index in [9.17, 15) is 0 Å². The Bertz CT molecular complexity index is 370. The number of aromatic nitrogens is 1. The molecule has 0 bridgehead atoms. The van der Waals surface area contributed by atoms with Crippen LogP contribution >= 0.6 is 23.2 Å². The van der Waals surface area contributed by atoms with Gasteiger partial charge in [-0.25, -0.2) is 4.98 Å². The zero-order valence-corrected chi connectivity index (χ0v) is 12.4. The van der Waals surface area contributed by atoms with Crippen molar-refractivity contribution in [2.75, 3.05) is 13.2 Å². The van der Waals surface area contributed by atoms with Crippen LogP contribution in [0.5, 0.6) is 0 Å². The Labute approximate surface area is 119 Å². The molecule has 0 unspecified atom stereocenters. The summed E-state index contributed by atoms with van der Waals surface area (Å²) in [5.74, 6) is 0. The smallest absolute Gasteiger partial charge is 0.129 e. The van der Waals surface area contributed by atoms with Crippen LogP contribution in [-0.2, 0) is 6.54 Å². The van der Waals surface area contributed by atoms with Gasteiger partial charge in [0.1, 0.15) is 5.15 Å². The second kappa shape index (κ2) is 7.95. The number of hydrogen-bond acceptors (Lipinski definition) is 3. The van der Waals surface area contributed by atoms with E-state index in [1.54, 1.807) is 12.1 Å². The molecule has 0 radical (unpaired) electrons. The average molecular weight is 291 g/mol. The van der Waals surface area contributed by atoms with E-state index in [2.05, 4.69) is 23.7 Å². The number of aliphatic hydroxyl groups is 1. The molecular formula is C13H20Cl2N2O. The molecule has 5 heteroatoms. The third-order valence-electron chi connectivity index (χ3n) is 3.08. The molecule has 0 fully saturated rings. The summed E-state index contributed by atoms with van der Waals surface area (Å²) in [6, 6.07) is 3.87. The van der Waals surface area contributed by atoms with Gasteiger partial charge < -0.3 is 5.11 Å². The zero-order chi connectivity index (χ0) is 13.5. The van der Waals surface area contributed by atoms with Gasteiger partial charge in [-0.15, -0.1) is 0 Å². The molecule has 18 heavy (non-hydrogen) atoms. The Hall–Kier alpha value is -0.350. The molecule has 0 spiro atoms. The summed E-state index contributed by atoms with van der Waals surface area (Å²) in [7, 11) is 0. The second-order valence-corrected chi connectivity index (χ2v) is 5.02. The summed E-state index contributed by atoms with van der Waals surface area (Å²) in [5, 5.41) is 10.2. The molecule has 0 atom stereocenters. The standard InChI is InChI=1S/C13H20Cl2N2O/c1-3-10(4-2)17(7-8-18)9-12-11(14)5-6-13(15)16-12/h5-6,10,18H,3-4,7-9H2,1-2H3. The normalized spacial score (nSPS) is 11.5. The van der Waals surface area contributed by atoms with E-state index in [-0.39, 0.29) is 6.61 Å². The van der Waals surface area contributed by atoms with Crippen molar-refractivity contribution in [2.45, 2.75) is 39.3 Å². The highest BCUT2D eigenvalue weighted by molar-refractivity contribution is 6.32. The van der Waals surface area contributed by atoms with E-state index in [4.69, 9.17) is 28.3 Å². The van der Waals surface area contributed by atoms with Crippen molar-refractivity contribution in [2.24, 2.45) is 0 Å². The maximum atomic E-state index is 9.16. The van der Waals surface area contributed by atoms with Crippen LogP contribution in [-0.4, -0.2) is 34.2 Å². The summed E-state index contributed by atoms with van der Waals surface area (Å²) in [6.07, 6.45) is 2.07. The number of pyridine rings is 1. The van der Waals surface area contributed by atoms with Crippen molar-refractivity contribution in [3.8, 4) is 0 Å². The van der Waals surface area contributed by atoms with E-state index in [1.165, 1.54) is 0 Å². The van der Waals surface area contributed by atoms with Crippen LogP contribution in [0.2, 0.25) is 10.2 Å². The van der Waals surface area contributed by atoms with Gasteiger partial charge in [0.05, 0.1) is 17.3 Å². The fourth-order valence-electron chi connectivity index (χ4n) is 2.09. The molecule has 1 heterocycles. The largest absolute Gasteiger partial charge is 0.395 e. The molecule has 1 rings (SSSR count). The lowest BCUT2D eigenvalue weighted by molar-refractivity contribution is 0.135. The van der Waals surface area contributed by atoms with Crippen molar-refractivity contribution in [3.05, 3.63) is 28.0 Å². The first-order chi connectivity index (χ1) is 8.62. The van der Waals surface area contributed by atoms with Gasteiger partial charge in [0.2, 0.25) is 0 Å². The van der Waals surface area contributed by atoms with Gasteiger partial charge in [0, 0.05) is 19.1 Å². The average Bonchev–Trinajstić information content (AvgIpc) is 2.35. The zero-order valence-electron chi connectivity index (χ0n) is 10.9. The van der Waals surface area contributed by atoms with Crippen LogP contribution in [0.25, 0.3) is 0 Å². The molecule has 1 N–H and O–H groups in total. The van der Waals surface area contributed by atoms with Gasteiger partial charge in [0.15, 0.2) is 0 Å². The topological polar surface area (TPSA) is 36.4 Å². The highest BCUT2D eigenvalue weighted by Crippen LogP contribution is 2.20. The molecule has 0 aliphatic carbocycles. The Morgan fingerprint density at radius 1 is 1.28 bits per heavy atom. The first-order valence-electron chi connectivity index (χ1n) is 6.28. The lowest BCUT2D eigenvalue weighted by Gasteiger charge is -2.29. The van der Waals surface area contributed by atoms with Gasteiger partial charge in [-0.1, -0.05) is 37.0 Å². The van der Waals surface area contributed by atoms with Crippen molar-refractivity contribution in [3.63, 3.8) is 0 Å². The van der Waals surface area contributed by atoms with Crippen molar-refractivity contribution < 1.29 is 5.11 Å². The third kappa shape index (κ3) is 4.39. The van der Waals surface area contributed by atoms with Crippen LogP contribution in [0.4, 0.5) is 0 Å².